The van der Waals surface area contributed by atoms with E-state index in [1.165, 1.54) is 0 Å². The first-order valence-corrected chi connectivity index (χ1v) is 7.16. The van der Waals surface area contributed by atoms with Gasteiger partial charge in [0.2, 0.25) is 0 Å². The highest BCUT2D eigenvalue weighted by Crippen LogP contribution is 2.29. The number of hydrogen-bond acceptors (Lipinski definition) is 4. The fraction of sp³-hybridized carbons (Fsp3) is 0.412. The van der Waals surface area contributed by atoms with E-state index in [9.17, 15) is 9.59 Å². The van der Waals surface area contributed by atoms with Crippen molar-refractivity contribution in [1.29, 1.82) is 0 Å². The van der Waals surface area contributed by atoms with Crippen LogP contribution in [-0.2, 0) is 20.9 Å². The van der Waals surface area contributed by atoms with E-state index in [0.29, 0.717) is 37.0 Å². The van der Waals surface area contributed by atoms with Gasteiger partial charge in [-0.2, -0.15) is 0 Å². The second-order valence-corrected chi connectivity index (χ2v) is 5.21. The number of hydrogen-bond donors (Lipinski definition) is 0. The second-order valence-electron chi connectivity index (χ2n) is 5.21. The van der Waals surface area contributed by atoms with Gasteiger partial charge in [0.05, 0.1) is 12.2 Å². The van der Waals surface area contributed by atoms with Crippen LogP contribution in [0.5, 0.6) is 0 Å². The van der Waals surface area contributed by atoms with Crippen LogP contribution in [0.2, 0.25) is 0 Å². The fourth-order valence-electron chi connectivity index (χ4n) is 2.62. The largest absolute Gasteiger partial charge is 0.466 e. The maximum Gasteiger partial charge on any atom is 0.313 e. The molecule has 1 heterocycles. The van der Waals surface area contributed by atoms with E-state index in [-0.39, 0.29) is 24.3 Å². The van der Waals surface area contributed by atoms with Gasteiger partial charge in [-0.25, -0.2) is 0 Å². The number of ketones is 1. The van der Waals surface area contributed by atoms with Crippen molar-refractivity contribution in [1.82, 2.24) is 0 Å². The van der Waals surface area contributed by atoms with E-state index in [0.717, 1.165) is 5.57 Å². The summed E-state index contributed by atoms with van der Waals surface area (Å²) in [4.78, 5) is 24.3. The van der Waals surface area contributed by atoms with E-state index in [2.05, 4.69) is 6.58 Å². The van der Waals surface area contributed by atoms with Crippen molar-refractivity contribution in [3.05, 3.63) is 48.0 Å². The van der Waals surface area contributed by atoms with Crippen LogP contribution in [0.25, 0.3) is 0 Å². The molecule has 1 aliphatic rings. The van der Waals surface area contributed by atoms with Crippen molar-refractivity contribution in [2.45, 2.75) is 39.2 Å². The molecule has 4 nitrogen and oxygen atoms in total. The fourth-order valence-corrected chi connectivity index (χ4v) is 2.62. The number of ether oxygens (including phenoxy) is 1. The zero-order valence-corrected chi connectivity index (χ0v) is 12.3. The van der Waals surface area contributed by atoms with Gasteiger partial charge in [-0.1, -0.05) is 11.6 Å². The highest BCUT2D eigenvalue weighted by molar-refractivity contribution is 5.97. The van der Waals surface area contributed by atoms with Gasteiger partial charge in [-0.3, -0.25) is 9.59 Å². The van der Waals surface area contributed by atoms with E-state index in [1.807, 2.05) is 6.92 Å². The van der Waals surface area contributed by atoms with Crippen LogP contribution in [0.4, 0.5) is 0 Å². The Hall–Kier alpha value is -2.10. The lowest BCUT2D eigenvalue weighted by Gasteiger charge is -2.16. The molecule has 0 radical (unpaired) electrons. The Kier molecular flexibility index (Phi) is 5.14. The molecule has 0 amide bonds. The topological polar surface area (TPSA) is 56.5 Å². The molecule has 0 fully saturated rings. The molecule has 2 rings (SSSR count). The third-order valence-electron chi connectivity index (χ3n) is 3.80. The Balaban J connectivity index is 2.10. The molecule has 112 valence electrons. The predicted molar refractivity (Wildman–Crippen MR) is 78.4 cm³/mol. The summed E-state index contributed by atoms with van der Waals surface area (Å²) in [5, 5.41) is 0. The first-order chi connectivity index (χ1) is 10.1. The van der Waals surface area contributed by atoms with Crippen molar-refractivity contribution in [2.75, 3.05) is 0 Å². The molecule has 0 aliphatic heterocycles. The van der Waals surface area contributed by atoms with Gasteiger partial charge < -0.3 is 9.15 Å². The van der Waals surface area contributed by atoms with Gasteiger partial charge in [0.1, 0.15) is 12.4 Å². The molecule has 0 aromatic carbocycles. The molecule has 21 heavy (non-hydrogen) atoms. The maximum absolute atomic E-state index is 12.3. The zero-order valence-electron chi connectivity index (χ0n) is 12.3. The second kappa shape index (κ2) is 7.07. The highest BCUT2D eigenvalue weighted by atomic mass is 16.5. The standard InChI is InChI=1S/C17H20O4/c1-3-6-14-12(2)15(8-4-9-16(14)18)17(19)21-11-13-7-5-10-20-13/h3,5,7,10,15H,1,4,6,8-9,11H2,2H3. The van der Waals surface area contributed by atoms with Crippen LogP contribution in [0, 0.1) is 5.92 Å². The van der Waals surface area contributed by atoms with Crippen molar-refractivity contribution in [2.24, 2.45) is 5.92 Å². The number of furan rings is 1. The molecule has 0 saturated carbocycles. The summed E-state index contributed by atoms with van der Waals surface area (Å²) in [6, 6.07) is 3.51. The zero-order chi connectivity index (χ0) is 15.2. The summed E-state index contributed by atoms with van der Waals surface area (Å²) in [5.74, 6) is 0.0938. The van der Waals surface area contributed by atoms with Crippen LogP contribution in [0.1, 0.15) is 38.4 Å². The van der Waals surface area contributed by atoms with Crippen LogP contribution in [-0.4, -0.2) is 11.8 Å². The molecular weight excluding hydrogens is 268 g/mol. The molecule has 1 atom stereocenters. The van der Waals surface area contributed by atoms with Gasteiger partial charge in [0.25, 0.3) is 0 Å². The van der Waals surface area contributed by atoms with Crippen LogP contribution in [0.15, 0.2) is 46.6 Å². The van der Waals surface area contributed by atoms with Gasteiger partial charge in [-0.15, -0.1) is 6.58 Å². The molecule has 0 bridgehead atoms. The summed E-state index contributed by atoms with van der Waals surface area (Å²) in [7, 11) is 0. The molecule has 1 aromatic rings. The lowest BCUT2D eigenvalue weighted by molar-refractivity contribution is -0.149. The molecule has 1 unspecified atom stereocenters. The van der Waals surface area contributed by atoms with Crippen molar-refractivity contribution < 1.29 is 18.7 Å². The minimum absolute atomic E-state index is 0.119. The van der Waals surface area contributed by atoms with E-state index >= 15 is 0 Å². The molecule has 0 saturated heterocycles. The SMILES string of the molecule is C=CCC1=C(C)C(C(=O)OCc2ccco2)CCCC1=O. The van der Waals surface area contributed by atoms with Crippen molar-refractivity contribution in [3.8, 4) is 0 Å². The van der Waals surface area contributed by atoms with Crippen LogP contribution < -0.4 is 0 Å². The minimum atomic E-state index is -0.346. The van der Waals surface area contributed by atoms with Crippen molar-refractivity contribution in [3.63, 3.8) is 0 Å². The third-order valence-corrected chi connectivity index (χ3v) is 3.80. The number of carbonyl (C=O) groups is 2. The Bertz CT molecular complexity index is 551. The van der Waals surface area contributed by atoms with Crippen molar-refractivity contribution >= 4 is 11.8 Å². The summed E-state index contributed by atoms with van der Waals surface area (Å²) in [5.41, 5.74) is 1.53. The average molecular weight is 288 g/mol. The average Bonchev–Trinajstić information content (AvgIpc) is 2.94. The molecule has 4 heteroatoms. The Morgan fingerprint density at radius 1 is 1.57 bits per heavy atom. The van der Waals surface area contributed by atoms with E-state index < -0.39 is 0 Å². The summed E-state index contributed by atoms with van der Waals surface area (Å²) in [6.45, 7) is 5.65. The molecule has 1 aromatic heterocycles. The summed E-state index contributed by atoms with van der Waals surface area (Å²) < 4.78 is 10.5. The minimum Gasteiger partial charge on any atom is -0.466 e. The molecular formula is C17H20O4. The first-order valence-electron chi connectivity index (χ1n) is 7.16. The van der Waals surface area contributed by atoms with Gasteiger partial charge in [-0.05, 0) is 43.9 Å². The van der Waals surface area contributed by atoms with Crippen LogP contribution in [0.3, 0.4) is 0 Å². The molecule has 0 N–H and O–H groups in total. The predicted octanol–water partition coefficient (Wildman–Crippen LogP) is 3.58. The van der Waals surface area contributed by atoms with E-state index in [4.69, 9.17) is 9.15 Å². The Labute approximate surface area is 124 Å². The molecule has 0 spiro atoms. The lowest BCUT2D eigenvalue weighted by atomic mass is 9.92. The normalized spacial score (nSPS) is 19.3. The lowest BCUT2D eigenvalue weighted by Crippen LogP contribution is -2.19. The van der Waals surface area contributed by atoms with Gasteiger partial charge in [0.15, 0.2) is 5.78 Å². The highest BCUT2D eigenvalue weighted by Gasteiger charge is 2.29. The Morgan fingerprint density at radius 3 is 3.05 bits per heavy atom. The summed E-state index contributed by atoms with van der Waals surface area (Å²) in [6.07, 6.45) is 5.59. The first kappa shape index (κ1) is 15.3. The van der Waals surface area contributed by atoms with Gasteiger partial charge >= 0.3 is 5.97 Å². The number of Topliss-reactive ketones (excluding diaryl/α,β-unsaturated/α-hetero) is 1. The Morgan fingerprint density at radius 2 is 2.38 bits per heavy atom. The van der Waals surface area contributed by atoms with E-state index in [1.54, 1.807) is 24.5 Å². The number of esters is 1. The summed E-state index contributed by atoms with van der Waals surface area (Å²) >= 11 is 0. The number of allylic oxidation sites excluding steroid dienone is 2. The van der Waals surface area contributed by atoms with Crippen LogP contribution >= 0.6 is 0 Å². The molecule has 1 aliphatic carbocycles. The quantitative estimate of drug-likeness (QED) is 0.614. The smallest absolute Gasteiger partial charge is 0.313 e. The number of carbonyl (C=O) groups excluding carboxylic acids is 2. The number of rotatable bonds is 5. The monoisotopic (exact) mass is 288 g/mol. The van der Waals surface area contributed by atoms with Gasteiger partial charge in [0, 0.05) is 6.42 Å². The third kappa shape index (κ3) is 3.72. The maximum atomic E-state index is 12.3.